The van der Waals surface area contributed by atoms with Crippen molar-refractivity contribution in [3.05, 3.63) is 47.9 Å². The van der Waals surface area contributed by atoms with Crippen molar-refractivity contribution in [2.75, 3.05) is 5.32 Å². The standard InChI is InChI=1S/C12H9N3O3S/c16-11-7-3-1-2-4-8(7)19-15-10(11)12(17)13-9-5-6-18-14-9/h1-6,15-16H,(H,13,14,17). The second-order valence-corrected chi connectivity index (χ2v) is 4.61. The Morgan fingerprint density at radius 2 is 2.21 bits per heavy atom. The first-order chi connectivity index (χ1) is 9.25. The van der Waals surface area contributed by atoms with E-state index in [-0.39, 0.29) is 17.3 Å². The lowest BCUT2D eigenvalue weighted by Crippen LogP contribution is -2.25. The van der Waals surface area contributed by atoms with Gasteiger partial charge in [0.2, 0.25) is 0 Å². The fourth-order valence-corrected chi connectivity index (χ4v) is 2.47. The second kappa shape index (κ2) is 4.69. The van der Waals surface area contributed by atoms with E-state index in [0.717, 1.165) is 4.90 Å². The van der Waals surface area contributed by atoms with E-state index in [1.165, 1.54) is 24.3 Å². The number of carbonyl (C=O) groups is 1. The summed E-state index contributed by atoms with van der Waals surface area (Å²) < 4.78 is 7.43. The molecule has 0 saturated heterocycles. The molecule has 0 radical (unpaired) electrons. The van der Waals surface area contributed by atoms with Crippen molar-refractivity contribution < 1.29 is 14.4 Å². The summed E-state index contributed by atoms with van der Waals surface area (Å²) in [5.74, 6) is -0.278. The van der Waals surface area contributed by atoms with Gasteiger partial charge in [0, 0.05) is 16.5 Å². The molecule has 1 aliphatic rings. The third-order valence-electron chi connectivity index (χ3n) is 2.55. The summed E-state index contributed by atoms with van der Waals surface area (Å²) in [6, 6.07) is 8.78. The molecule has 3 N–H and O–H groups in total. The van der Waals surface area contributed by atoms with Crippen LogP contribution in [0.3, 0.4) is 0 Å². The van der Waals surface area contributed by atoms with Gasteiger partial charge in [0.15, 0.2) is 17.3 Å². The van der Waals surface area contributed by atoms with E-state index in [2.05, 4.69) is 19.7 Å². The van der Waals surface area contributed by atoms with Crippen LogP contribution in [0.5, 0.6) is 0 Å². The van der Waals surface area contributed by atoms with Gasteiger partial charge >= 0.3 is 0 Å². The van der Waals surface area contributed by atoms with Gasteiger partial charge in [0.05, 0.1) is 0 Å². The molecule has 1 aromatic heterocycles. The van der Waals surface area contributed by atoms with Crippen molar-refractivity contribution in [2.24, 2.45) is 0 Å². The number of aromatic nitrogens is 1. The first kappa shape index (κ1) is 11.7. The molecule has 1 aliphatic heterocycles. The minimum Gasteiger partial charge on any atom is -0.505 e. The van der Waals surface area contributed by atoms with E-state index in [4.69, 9.17) is 0 Å². The average molecular weight is 275 g/mol. The quantitative estimate of drug-likeness (QED) is 0.728. The van der Waals surface area contributed by atoms with E-state index < -0.39 is 5.91 Å². The molecule has 2 heterocycles. The summed E-state index contributed by atoms with van der Waals surface area (Å²) >= 11 is 1.27. The third kappa shape index (κ3) is 2.15. The predicted octanol–water partition coefficient (Wildman–Crippen LogP) is 2.15. The van der Waals surface area contributed by atoms with E-state index in [1.807, 2.05) is 12.1 Å². The highest BCUT2D eigenvalue weighted by Crippen LogP contribution is 2.32. The van der Waals surface area contributed by atoms with E-state index >= 15 is 0 Å². The van der Waals surface area contributed by atoms with Crippen LogP contribution in [0, 0.1) is 0 Å². The summed E-state index contributed by atoms with van der Waals surface area (Å²) in [6.07, 6.45) is 1.35. The minimum absolute atomic E-state index is 0.0876. The maximum Gasteiger partial charge on any atom is 0.277 e. The SMILES string of the molecule is O=C(Nc1ccon1)C1=C(O)c2ccccc2SN1. The molecule has 19 heavy (non-hydrogen) atoms. The fourth-order valence-electron chi connectivity index (χ4n) is 1.65. The smallest absolute Gasteiger partial charge is 0.277 e. The summed E-state index contributed by atoms with van der Waals surface area (Å²) in [7, 11) is 0. The van der Waals surface area contributed by atoms with Crippen molar-refractivity contribution in [3.8, 4) is 0 Å². The maximum atomic E-state index is 12.0. The van der Waals surface area contributed by atoms with E-state index in [1.54, 1.807) is 12.1 Å². The topological polar surface area (TPSA) is 87.4 Å². The second-order valence-electron chi connectivity index (χ2n) is 3.76. The van der Waals surface area contributed by atoms with Crippen LogP contribution in [0.4, 0.5) is 5.82 Å². The monoisotopic (exact) mass is 275 g/mol. The molecule has 3 rings (SSSR count). The number of carbonyl (C=O) groups excluding carboxylic acids is 1. The van der Waals surface area contributed by atoms with Crippen LogP contribution in [-0.4, -0.2) is 16.2 Å². The zero-order valence-corrected chi connectivity index (χ0v) is 10.4. The van der Waals surface area contributed by atoms with Crippen LogP contribution in [0.15, 0.2) is 51.7 Å². The highest BCUT2D eigenvalue weighted by atomic mass is 32.2. The molecule has 0 spiro atoms. The number of hydrogen-bond acceptors (Lipinski definition) is 6. The number of anilines is 1. The molecule has 6 nitrogen and oxygen atoms in total. The van der Waals surface area contributed by atoms with Crippen molar-refractivity contribution in [2.45, 2.75) is 4.90 Å². The Labute approximate surface area is 112 Å². The number of amides is 1. The lowest BCUT2D eigenvalue weighted by Gasteiger charge is -2.19. The Balaban J connectivity index is 1.91. The first-order valence-corrected chi connectivity index (χ1v) is 6.24. The van der Waals surface area contributed by atoms with Crippen molar-refractivity contribution in [1.82, 2.24) is 9.88 Å². The molecule has 0 saturated carbocycles. The molecule has 1 amide bonds. The fraction of sp³-hybridized carbons (Fsp3) is 0. The molecule has 0 aliphatic carbocycles. The number of benzene rings is 1. The number of aliphatic hydroxyl groups is 1. The van der Waals surface area contributed by atoms with Gasteiger partial charge in [-0.05, 0) is 24.1 Å². The molecule has 0 atom stereocenters. The van der Waals surface area contributed by atoms with Gasteiger partial charge in [0.25, 0.3) is 5.91 Å². The molecular weight excluding hydrogens is 266 g/mol. The molecule has 0 fully saturated rings. The van der Waals surface area contributed by atoms with E-state index in [9.17, 15) is 9.90 Å². The lowest BCUT2D eigenvalue weighted by molar-refractivity contribution is -0.113. The van der Waals surface area contributed by atoms with Crippen molar-refractivity contribution in [1.29, 1.82) is 0 Å². The summed E-state index contributed by atoms with van der Waals surface area (Å²) in [5, 5.41) is 16.2. The zero-order chi connectivity index (χ0) is 13.2. The van der Waals surface area contributed by atoms with Crippen molar-refractivity contribution >= 4 is 29.4 Å². The van der Waals surface area contributed by atoms with Crippen LogP contribution in [-0.2, 0) is 4.79 Å². The molecule has 2 aromatic rings. The van der Waals surface area contributed by atoms with Crippen LogP contribution >= 0.6 is 11.9 Å². The van der Waals surface area contributed by atoms with Gasteiger partial charge in [-0.15, -0.1) is 0 Å². The molecule has 0 bridgehead atoms. The Bertz CT molecular complexity index is 652. The number of rotatable bonds is 2. The maximum absolute atomic E-state index is 12.0. The summed E-state index contributed by atoms with van der Waals surface area (Å²) in [6.45, 7) is 0. The zero-order valence-electron chi connectivity index (χ0n) is 9.58. The number of aliphatic hydroxyl groups excluding tert-OH is 1. The molecule has 7 heteroatoms. The molecular formula is C12H9N3O3S. The highest BCUT2D eigenvalue weighted by molar-refractivity contribution is 7.97. The number of fused-ring (bicyclic) bond motifs is 1. The minimum atomic E-state index is -0.478. The molecule has 96 valence electrons. The van der Waals surface area contributed by atoms with Gasteiger partial charge in [-0.1, -0.05) is 17.3 Å². The van der Waals surface area contributed by atoms with Crippen LogP contribution in [0.2, 0.25) is 0 Å². The predicted molar refractivity (Wildman–Crippen MR) is 70.1 cm³/mol. The number of nitrogens with one attached hydrogen (secondary N) is 2. The summed E-state index contributed by atoms with van der Waals surface area (Å²) in [5.41, 5.74) is 0.711. The van der Waals surface area contributed by atoms with Gasteiger partial charge in [-0.2, -0.15) is 0 Å². The van der Waals surface area contributed by atoms with Crippen LogP contribution in [0.1, 0.15) is 5.56 Å². The number of nitrogens with zero attached hydrogens (tertiary/aromatic N) is 1. The summed E-state index contributed by atoms with van der Waals surface area (Å²) in [4.78, 5) is 12.9. The Kier molecular flexibility index (Phi) is 2.88. The lowest BCUT2D eigenvalue weighted by atomic mass is 10.1. The van der Waals surface area contributed by atoms with Crippen LogP contribution < -0.4 is 10.0 Å². The Morgan fingerprint density at radius 1 is 1.37 bits per heavy atom. The number of hydrogen-bond donors (Lipinski definition) is 3. The Morgan fingerprint density at radius 3 is 3.00 bits per heavy atom. The van der Waals surface area contributed by atoms with Gasteiger partial charge in [-0.25, -0.2) is 0 Å². The van der Waals surface area contributed by atoms with Gasteiger partial charge in [-0.3, -0.25) is 4.79 Å². The van der Waals surface area contributed by atoms with Gasteiger partial charge in [0.1, 0.15) is 6.26 Å². The van der Waals surface area contributed by atoms with Gasteiger partial charge < -0.3 is 19.7 Å². The van der Waals surface area contributed by atoms with Crippen molar-refractivity contribution in [3.63, 3.8) is 0 Å². The van der Waals surface area contributed by atoms with E-state index in [0.29, 0.717) is 5.56 Å². The van der Waals surface area contributed by atoms with Crippen LogP contribution in [0.25, 0.3) is 5.76 Å². The third-order valence-corrected chi connectivity index (χ3v) is 3.43. The normalized spacial score (nSPS) is 13.7. The highest BCUT2D eigenvalue weighted by Gasteiger charge is 2.24. The molecule has 0 unspecified atom stereocenters. The average Bonchev–Trinajstić information content (AvgIpc) is 2.92. The Hall–Kier alpha value is -2.41. The largest absolute Gasteiger partial charge is 0.505 e. The molecule has 1 aromatic carbocycles. The first-order valence-electron chi connectivity index (χ1n) is 5.43.